The Morgan fingerprint density at radius 2 is 1.56 bits per heavy atom. The largest absolute Gasteiger partial charge is 0.496 e. The number of methoxy groups -OCH3 is 2. The highest BCUT2D eigenvalue weighted by molar-refractivity contribution is 7.10. The van der Waals surface area contributed by atoms with Crippen molar-refractivity contribution in [1.82, 2.24) is 10.2 Å². The molecule has 4 aromatic rings. The van der Waals surface area contributed by atoms with Crippen LogP contribution in [0.15, 0.2) is 95.9 Å². The first-order valence-corrected chi connectivity index (χ1v) is 17.9. The number of hydrogen-bond donors (Lipinski definition) is 1. The van der Waals surface area contributed by atoms with Crippen LogP contribution in [0.5, 0.6) is 17.2 Å². The summed E-state index contributed by atoms with van der Waals surface area (Å²) in [6.45, 7) is 2.88. The summed E-state index contributed by atoms with van der Waals surface area (Å²) in [5.41, 5.74) is 4.99. The lowest BCUT2D eigenvalue weighted by Crippen LogP contribution is -2.61. The van der Waals surface area contributed by atoms with Gasteiger partial charge in [-0.1, -0.05) is 54.6 Å². The summed E-state index contributed by atoms with van der Waals surface area (Å²) in [5, 5.41) is 5.70. The predicted molar refractivity (Wildman–Crippen MR) is 194 cm³/mol. The van der Waals surface area contributed by atoms with E-state index in [0.29, 0.717) is 51.5 Å². The minimum atomic E-state index is -0.333. The minimum Gasteiger partial charge on any atom is -0.496 e. The molecule has 3 aromatic carbocycles. The number of nitrogens with one attached hydrogen (secondary N) is 1. The quantitative estimate of drug-likeness (QED) is 0.111. The Bertz CT molecular complexity index is 1760. The molecular formula is C40H44N2O7S. The zero-order valence-corrected chi connectivity index (χ0v) is 29.4. The van der Waals surface area contributed by atoms with E-state index in [1.54, 1.807) is 25.6 Å². The normalized spacial score (nSPS) is 17.0. The first kappa shape index (κ1) is 35.2. The van der Waals surface area contributed by atoms with Gasteiger partial charge >= 0.3 is 5.97 Å². The lowest BCUT2D eigenvalue weighted by molar-refractivity contribution is -0.142. The van der Waals surface area contributed by atoms with Crippen molar-refractivity contribution in [1.29, 1.82) is 0 Å². The van der Waals surface area contributed by atoms with E-state index in [4.69, 9.17) is 23.7 Å². The molecule has 2 atom stereocenters. The van der Waals surface area contributed by atoms with E-state index in [1.165, 1.54) is 0 Å². The average Bonchev–Trinajstić information content (AvgIpc) is 3.66. The molecule has 1 saturated heterocycles. The lowest BCUT2D eigenvalue weighted by atomic mass is 9.83. The van der Waals surface area contributed by atoms with Gasteiger partial charge in [-0.05, 0) is 58.8 Å². The van der Waals surface area contributed by atoms with Gasteiger partial charge in [-0.15, -0.1) is 11.3 Å². The second-order valence-electron chi connectivity index (χ2n) is 12.4. The molecule has 0 spiro atoms. The van der Waals surface area contributed by atoms with Crippen LogP contribution in [0.2, 0.25) is 0 Å². The van der Waals surface area contributed by atoms with Crippen LogP contribution in [0.3, 0.4) is 0 Å². The molecular weight excluding hydrogens is 653 g/mol. The molecule has 262 valence electrons. The number of ether oxygens (including phenoxy) is 5. The Balaban J connectivity index is 1.10. The van der Waals surface area contributed by atoms with E-state index in [2.05, 4.69) is 17.4 Å². The summed E-state index contributed by atoms with van der Waals surface area (Å²) in [6.07, 6.45) is 1.97. The highest BCUT2D eigenvalue weighted by atomic mass is 32.1. The van der Waals surface area contributed by atoms with Gasteiger partial charge in [-0.25, -0.2) is 0 Å². The third kappa shape index (κ3) is 9.12. The maximum atomic E-state index is 13.3. The number of piperazine rings is 1. The predicted octanol–water partition coefficient (Wildman–Crippen LogP) is 6.11. The Morgan fingerprint density at radius 1 is 0.820 bits per heavy atom. The fourth-order valence-electron chi connectivity index (χ4n) is 6.56. The summed E-state index contributed by atoms with van der Waals surface area (Å²) in [4.78, 5) is 29.4. The Kier molecular flexibility index (Phi) is 12.2. The van der Waals surface area contributed by atoms with Crippen molar-refractivity contribution in [3.05, 3.63) is 117 Å². The molecule has 10 heteroatoms. The molecule has 6 rings (SSSR count). The maximum absolute atomic E-state index is 13.3. The van der Waals surface area contributed by atoms with Gasteiger partial charge in [0.2, 0.25) is 5.91 Å². The molecule has 2 aliphatic rings. The number of amides is 1. The number of carbonyl (C=O) groups is 2. The van der Waals surface area contributed by atoms with Crippen LogP contribution >= 0.6 is 11.3 Å². The summed E-state index contributed by atoms with van der Waals surface area (Å²) in [5.74, 6) is 2.04. The van der Waals surface area contributed by atoms with E-state index in [-0.39, 0.29) is 37.0 Å². The average molecular weight is 697 g/mol. The molecule has 1 aromatic heterocycles. The molecule has 1 amide bonds. The van der Waals surface area contributed by atoms with Crippen molar-refractivity contribution in [3.63, 3.8) is 0 Å². The van der Waals surface area contributed by atoms with Crippen LogP contribution < -0.4 is 19.5 Å². The van der Waals surface area contributed by atoms with Crippen LogP contribution in [0, 0.1) is 0 Å². The summed E-state index contributed by atoms with van der Waals surface area (Å²) in [6, 6.07) is 27.4. The maximum Gasteiger partial charge on any atom is 0.310 e. The summed E-state index contributed by atoms with van der Waals surface area (Å²) in [7, 11) is 3.26. The van der Waals surface area contributed by atoms with Crippen LogP contribution in [-0.4, -0.2) is 76.0 Å². The first-order chi connectivity index (χ1) is 24.5. The number of rotatable bonds is 16. The molecule has 3 heterocycles. The zero-order valence-electron chi connectivity index (χ0n) is 28.6. The lowest BCUT2D eigenvalue weighted by Gasteiger charge is -2.44. The van der Waals surface area contributed by atoms with E-state index in [9.17, 15) is 9.59 Å². The molecule has 50 heavy (non-hydrogen) atoms. The molecule has 2 bridgehead atoms. The number of benzene rings is 3. The zero-order chi connectivity index (χ0) is 34.7. The van der Waals surface area contributed by atoms with Gasteiger partial charge in [0.05, 0.1) is 52.9 Å². The molecule has 0 aliphatic carbocycles. The first-order valence-electron chi connectivity index (χ1n) is 17.0. The number of thiophene rings is 1. The topological polar surface area (TPSA) is 95.6 Å². The van der Waals surface area contributed by atoms with E-state index < -0.39 is 0 Å². The van der Waals surface area contributed by atoms with E-state index in [0.717, 1.165) is 50.6 Å². The fraction of sp³-hybridized carbons (Fsp3) is 0.350. The molecule has 2 aliphatic heterocycles. The van der Waals surface area contributed by atoms with Crippen LogP contribution in [0.25, 0.3) is 5.57 Å². The number of fused-ring (bicyclic) bond motifs is 2. The van der Waals surface area contributed by atoms with Crippen molar-refractivity contribution in [3.8, 4) is 17.2 Å². The van der Waals surface area contributed by atoms with Gasteiger partial charge in [-0.3, -0.25) is 9.59 Å². The molecule has 0 radical (unpaired) electrons. The monoisotopic (exact) mass is 696 g/mol. The summed E-state index contributed by atoms with van der Waals surface area (Å²) < 4.78 is 28.6. The Morgan fingerprint density at radius 3 is 2.30 bits per heavy atom. The number of carbonyl (C=O) groups excluding carboxylic acids is 2. The molecule has 0 saturated carbocycles. The Labute approximate surface area is 297 Å². The van der Waals surface area contributed by atoms with Crippen molar-refractivity contribution in [2.75, 3.05) is 47.1 Å². The standard InChI is InChI=1S/C40H44N2O7S/c1-45-37-12-5-3-9-29(37)21-40(44)49-27-35-34(22-31-24-42(25-36(35)41-31)39(43)23-33-11-7-20-50-33)28-14-16-32(17-15-28)48-19-8-18-47-26-30-10-4-6-13-38(30)46-2/h3-7,9-17,20,31,36,41H,8,18-19,21-27H2,1-2H3/t31-,36-/m1/s1. The molecule has 9 nitrogen and oxygen atoms in total. The third-order valence-corrected chi connectivity index (χ3v) is 9.94. The van der Waals surface area contributed by atoms with E-state index in [1.807, 2.05) is 83.1 Å². The highest BCUT2D eigenvalue weighted by Gasteiger charge is 2.37. The number of para-hydroxylation sites is 2. The van der Waals surface area contributed by atoms with Crippen molar-refractivity contribution in [2.45, 2.75) is 44.4 Å². The molecule has 0 unspecified atom stereocenters. The van der Waals surface area contributed by atoms with Crippen LogP contribution in [0.1, 0.15) is 34.4 Å². The fourth-order valence-corrected chi connectivity index (χ4v) is 7.26. The van der Waals surface area contributed by atoms with Crippen molar-refractivity contribution in [2.24, 2.45) is 0 Å². The number of esters is 1. The van der Waals surface area contributed by atoms with Gasteiger partial charge in [0, 0.05) is 41.6 Å². The number of nitrogens with zero attached hydrogens (tertiary/aromatic N) is 1. The SMILES string of the molecule is COc1ccccc1COCCCOc1ccc(C2=C(COC(=O)Cc3ccccc3OC)[C@H]3CN(C(=O)Cc4cccs4)C[C@@H](C2)N3)cc1. The smallest absolute Gasteiger partial charge is 0.310 e. The van der Waals surface area contributed by atoms with Crippen molar-refractivity contribution < 1.29 is 33.3 Å². The molecule has 1 fully saturated rings. The second kappa shape index (κ2) is 17.3. The van der Waals surface area contributed by atoms with Gasteiger partial charge in [0.25, 0.3) is 0 Å². The van der Waals surface area contributed by atoms with Crippen LogP contribution in [-0.2, 0) is 38.5 Å². The van der Waals surface area contributed by atoms with Gasteiger partial charge in [-0.2, -0.15) is 0 Å². The Hall–Kier alpha value is -4.64. The van der Waals surface area contributed by atoms with Gasteiger partial charge in [0.15, 0.2) is 0 Å². The highest BCUT2D eigenvalue weighted by Crippen LogP contribution is 2.34. The van der Waals surface area contributed by atoms with Gasteiger partial charge < -0.3 is 33.9 Å². The van der Waals surface area contributed by atoms with Gasteiger partial charge in [0.1, 0.15) is 23.9 Å². The van der Waals surface area contributed by atoms with E-state index >= 15 is 0 Å². The third-order valence-electron chi connectivity index (χ3n) is 9.07. The summed E-state index contributed by atoms with van der Waals surface area (Å²) >= 11 is 1.60. The molecule has 1 N–H and O–H groups in total. The minimum absolute atomic E-state index is 0.0934. The number of hydrogen-bond acceptors (Lipinski definition) is 9. The van der Waals surface area contributed by atoms with Crippen molar-refractivity contribution >= 4 is 28.8 Å². The van der Waals surface area contributed by atoms with Crippen LogP contribution in [0.4, 0.5) is 0 Å². The second-order valence-corrected chi connectivity index (χ2v) is 13.5.